The molecule has 0 aliphatic carbocycles. The number of halogens is 1. The molecule has 0 radical (unpaired) electrons. The number of hydrogen-bond acceptors (Lipinski definition) is 0. The highest BCUT2D eigenvalue weighted by molar-refractivity contribution is 6.94. The van der Waals surface area contributed by atoms with Crippen LogP contribution in [-0.2, 0) is 6.42 Å². The molecular weight excluding hydrogens is 428 g/mol. The third-order valence-electron chi connectivity index (χ3n) is 6.20. The van der Waals surface area contributed by atoms with Gasteiger partial charge in [0.1, 0.15) is 8.07 Å². The van der Waals surface area contributed by atoms with Gasteiger partial charge in [0.2, 0.25) is 0 Å². The summed E-state index contributed by atoms with van der Waals surface area (Å²) in [5.74, 6) is 0. The highest BCUT2D eigenvalue weighted by Gasteiger charge is 2.30. The fourth-order valence-electron chi connectivity index (χ4n) is 4.29. The molecule has 3 aromatic carbocycles. The molecule has 0 saturated carbocycles. The van der Waals surface area contributed by atoms with Gasteiger partial charge in [-0.25, -0.2) is 0 Å². The van der Waals surface area contributed by atoms with E-state index in [1.807, 2.05) is 0 Å². The average Bonchev–Trinajstić information content (AvgIpc) is 2.78. The minimum Gasteiger partial charge on any atom is -0.118 e. The molecule has 3 rings (SSSR count). The van der Waals surface area contributed by atoms with Gasteiger partial charge in [-0.2, -0.15) is 0 Å². The van der Waals surface area contributed by atoms with Crippen molar-refractivity contribution in [3.63, 3.8) is 0 Å². The molecule has 0 spiro atoms. The predicted octanol–water partition coefficient (Wildman–Crippen LogP) is 6.92. The summed E-state index contributed by atoms with van der Waals surface area (Å²) in [6.45, 7) is 9.85. The number of alkyl halides is 1. The Balaban J connectivity index is 1.89. The van der Waals surface area contributed by atoms with E-state index in [0.717, 1.165) is 18.9 Å². The maximum atomic E-state index is 7.16. The SMILES string of the molecule is C[Si](C)(/C=C(\C[Si](C)(C)c1ccccc1)C(Cl)CCc1ccccc1)c1ccccc1. The Hall–Kier alpha value is -1.88. The van der Waals surface area contributed by atoms with E-state index in [1.54, 1.807) is 0 Å². The molecule has 1 atom stereocenters. The standard InChI is InChI=1S/C28H35ClSi2/c1-30(2,26-16-10-6-11-17-26)22-25(23-31(3,4)27-18-12-7-13-19-27)28(29)21-20-24-14-8-5-9-15-24/h5-19,22,28H,20-21,23H2,1-4H3/b25-22+. The van der Waals surface area contributed by atoms with E-state index in [4.69, 9.17) is 11.6 Å². The second kappa shape index (κ2) is 10.6. The van der Waals surface area contributed by atoms with Crippen LogP contribution in [0, 0.1) is 0 Å². The lowest BCUT2D eigenvalue weighted by molar-refractivity contribution is 0.817. The fourth-order valence-corrected chi connectivity index (χ4v) is 10.1. The summed E-state index contributed by atoms with van der Waals surface area (Å²) in [4.78, 5) is 0. The molecule has 0 heterocycles. The molecule has 0 aliphatic rings. The highest BCUT2D eigenvalue weighted by atomic mass is 35.5. The summed E-state index contributed by atoms with van der Waals surface area (Å²) in [5.41, 5.74) is 5.42. The maximum absolute atomic E-state index is 7.16. The van der Waals surface area contributed by atoms with Gasteiger partial charge in [-0.1, -0.05) is 139 Å². The van der Waals surface area contributed by atoms with E-state index in [0.29, 0.717) is 0 Å². The third-order valence-corrected chi connectivity index (χ3v) is 12.8. The molecule has 162 valence electrons. The second-order valence-corrected chi connectivity index (χ2v) is 19.3. The Morgan fingerprint density at radius 2 is 1.23 bits per heavy atom. The van der Waals surface area contributed by atoms with Gasteiger partial charge in [0.05, 0.1) is 13.5 Å². The zero-order valence-corrected chi connectivity index (χ0v) is 22.1. The lowest BCUT2D eigenvalue weighted by Gasteiger charge is -2.29. The van der Waals surface area contributed by atoms with Crippen molar-refractivity contribution in [2.75, 3.05) is 0 Å². The molecule has 0 N–H and O–H groups in total. The van der Waals surface area contributed by atoms with Gasteiger partial charge in [-0.3, -0.25) is 0 Å². The van der Waals surface area contributed by atoms with Gasteiger partial charge in [-0.15, -0.1) is 11.6 Å². The van der Waals surface area contributed by atoms with Crippen molar-refractivity contribution >= 4 is 38.1 Å². The summed E-state index contributed by atoms with van der Waals surface area (Å²) in [6.07, 6.45) is 2.00. The molecule has 0 aromatic heterocycles. The first-order valence-electron chi connectivity index (χ1n) is 11.3. The van der Waals surface area contributed by atoms with Crippen LogP contribution in [-0.4, -0.2) is 21.5 Å². The molecular formula is C28H35ClSi2. The van der Waals surface area contributed by atoms with Gasteiger partial charge < -0.3 is 0 Å². The predicted molar refractivity (Wildman–Crippen MR) is 144 cm³/mol. The highest BCUT2D eigenvalue weighted by Crippen LogP contribution is 2.28. The molecule has 3 aromatic rings. The number of aryl methyl sites for hydroxylation is 1. The van der Waals surface area contributed by atoms with E-state index in [2.05, 4.69) is 123 Å². The summed E-state index contributed by atoms with van der Waals surface area (Å²) >= 11 is 7.16. The molecule has 0 nitrogen and oxygen atoms in total. The molecule has 0 fully saturated rings. The smallest absolute Gasteiger partial charge is 0.104 e. The monoisotopic (exact) mass is 462 g/mol. The number of benzene rings is 3. The number of hydrogen-bond donors (Lipinski definition) is 0. The van der Waals surface area contributed by atoms with Gasteiger partial charge in [-0.05, 0) is 24.4 Å². The Labute approximate surface area is 196 Å². The molecule has 31 heavy (non-hydrogen) atoms. The Morgan fingerprint density at radius 3 is 1.77 bits per heavy atom. The van der Waals surface area contributed by atoms with E-state index in [-0.39, 0.29) is 5.38 Å². The van der Waals surface area contributed by atoms with E-state index < -0.39 is 16.1 Å². The first-order chi connectivity index (χ1) is 14.8. The largest absolute Gasteiger partial charge is 0.118 e. The van der Waals surface area contributed by atoms with Crippen LogP contribution in [0.25, 0.3) is 0 Å². The van der Waals surface area contributed by atoms with Gasteiger partial charge in [0, 0.05) is 0 Å². The van der Waals surface area contributed by atoms with Crippen LogP contribution in [0.15, 0.2) is 102 Å². The quantitative estimate of drug-likeness (QED) is 0.239. The summed E-state index contributed by atoms with van der Waals surface area (Å²) < 4.78 is 0. The van der Waals surface area contributed by atoms with Crippen molar-refractivity contribution in [2.45, 2.75) is 50.5 Å². The lowest BCUT2D eigenvalue weighted by Crippen LogP contribution is -2.44. The van der Waals surface area contributed by atoms with Gasteiger partial charge in [0.15, 0.2) is 0 Å². The van der Waals surface area contributed by atoms with Crippen LogP contribution >= 0.6 is 11.6 Å². The first-order valence-corrected chi connectivity index (χ1v) is 18.0. The minimum atomic E-state index is -1.74. The summed E-state index contributed by atoms with van der Waals surface area (Å²) in [5, 5.41) is 3.05. The van der Waals surface area contributed by atoms with Crippen molar-refractivity contribution in [2.24, 2.45) is 0 Å². The summed E-state index contributed by atoms with van der Waals surface area (Å²) in [6, 6.07) is 33.9. The van der Waals surface area contributed by atoms with Crippen molar-refractivity contribution < 1.29 is 0 Å². The number of allylic oxidation sites excluding steroid dienone is 1. The van der Waals surface area contributed by atoms with Gasteiger partial charge in [0.25, 0.3) is 0 Å². The molecule has 0 saturated heterocycles. The minimum absolute atomic E-state index is 0.0752. The lowest BCUT2D eigenvalue weighted by atomic mass is 10.1. The number of rotatable bonds is 9. The molecule has 0 bridgehead atoms. The maximum Gasteiger partial charge on any atom is 0.104 e. The molecule has 3 heteroatoms. The molecule has 0 amide bonds. The van der Waals surface area contributed by atoms with Crippen LogP contribution in [0.5, 0.6) is 0 Å². The Morgan fingerprint density at radius 1 is 0.742 bits per heavy atom. The van der Waals surface area contributed by atoms with E-state index >= 15 is 0 Å². The zero-order valence-electron chi connectivity index (χ0n) is 19.3. The van der Waals surface area contributed by atoms with Gasteiger partial charge >= 0.3 is 0 Å². The normalized spacial score (nSPS) is 13.8. The van der Waals surface area contributed by atoms with Crippen LogP contribution in [0.4, 0.5) is 0 Å². The third kappa shape index (κ3) is 6.80. The van der Waals surface area contributed by atoms with Crippen LogP contribution < -0.4 is 10.4 Å². The van der Waals surface area contributed by atoms with Crippen LogP contribution in [0.3, 0.4) is 0 Å². The van der Waals surface area contributed by atoms with Crippen molar-refractivity contribution in [3.05, 3.63) is 108 Å². The Kier molecular flexibility index (Phi) is 8.15. The first kappa shape index (κ1) is 23.8. The van der Waals surface area contributed by atoms with Crippen LogP contribution in [0.2, 0.25) is 32.2 Å². The van der Waals surface area contributed by atoms with Crippen molar-refractivity contribution in [1.82, 2.24) is 0 Å². The zero-order chi connectivity index (χ0) is 22.3. The van der Waals surface area contributed by atoms with Crippen molar-refractivity contribution in [3.8, 4) is 0 Å². The molecule has 0 aliphatic heterocycles. The van der Waals surface area contributed by atoms with E-state index in [9.17, 15) is 0 Å². The summed E-state index contributed by atoms with van der Waals surface area (Å²) in [7, 11) is -3.38. The second-order valence-electron chi connectivity index (χ2n) is 9.73. The average molecular weight is 463 g/mol. The molecule has 1 unspecified atom stereocenters. The fraction of sp³-hybridized carbons (Fsp3) is 0.286. The van der Waals surface area contributed by atoms with Crippen LogP contribution in [0.1, 0.15) is 12.0 Å². The van der Waals surface area contributed by atoms with E-state index in [1.165, 1.54) is 21.5 Å². The van der Waals surface area contributed by atoms with Crippen molar-refractivity contribution in [1.29, 1.82) is 0 Å². The Bertz CT molecular complexity index is 964. The topological polar surface area (TPSA) is 0 Å².